The van der Waals surface area contributed by atoms with Crippen molar-refractivity contribution in [3.05, 3.63) is 24.8 Å². The molecule has 0 aromatic rings. The molecule has 0 aromatic heterocycles. The summed E-state index contributed by atoms with van der Waals surface area (Å²) < 4.78 is 0. The van der Waals surface area contributed by atoms with Crippen LogP contribution in [0, 0.1) is 0 Å². The van der Waals surface area contributed by atoms with Crippen molar-refractivity contribution < 1.29 is 39.9 Å². The van der Waals surface area contributed by atoms with Gasteiger partial charge in [0.15, 0.2) is 0 Å². The minimum absolute atomic E-state index is 0.0619. The molecule has 6 N–H and O–H groups in total. The summed E-state index contributed by atoms with van der Waals surface area (Å²) >= 11 is 0. The first-order chi connectivity index (χ1) is 12.8. The second kappa shape index (κ2) is 14.4. The van der Waals surface area contributed by atoms with Gasteiger partial charge in [0.1, 0.15) is 0 Å². The van der Waals surface area contributed by atoms with Crippen LogP contribution in [0.4, 0.5) is 0 Å². The summed E-state index contributed by atoms with van der Waals surface area (Å²) in [6.07, 6.45) is 4.30. The molecule has 0 aliphatic rings. The Hall–Kier alpha value is -2.83. The van der Waals surface area contributed by atoms with Crippen LogP contribution in [0.25, 0.3) is 0 Å². The Bertz CT molecular complexity index is 496. The number of aliphatic hydroxyl groups excluding tert-OH is 2. The van der Waals surface area contributed by atoms with Gasteiger partial charge in [0.25, 0.3) is 0 Å². The molecular weight excluding hydrogens is 364 g/mol. The molecule has 154 valence electrons. The van der Waals surface area contributed by atoms with E-state index >= 15 is 0 Å². The van der Waals surface area contributed by atoms with Crippen LogP contribution in [0.15, 0.2) is 24.8 Å². The molecule has 0 aliphatic heterocycles. The fourth-order valence-electron chi connectivity index (χ4n) is 2.12. The van der Waals surface area contributed by atoms with Crippen LogP contribution in [0.2, 0.25) is 0 Å². The third kappa shape index (κ3) is 14.1. The van der Waals surface area contributed by atoms with E-state index in [0.29, 0.717) is 6.54 Å². The SMILES string of the molecule is O=C(O)CN(CCN(CC(=O)O)CC(=O)O)CCN(CC=CO)NC=CO. The molecule has 0 amide bonds. The Morgan fingerprint density at radius 2 is 1.22 bits per heavy atom. The molecule has 12 heteroatoms. The summed E-state index contributed by atoms with van der Waals surface area (Å²) in [7, 11) is 0. The lowest BCUT2D eigenvalue weighted by molar-refractivity contribution is -0.143. The van der Waals surface area contributed by atoms with Crippen LogP contribution in [-0.4, -0.2) is 111 Å². The lowest BCUT2D eigenvalue weighted by atomic mass is 10.3. The van der Waals surface area contributed by atoms with Gasteiger partial charge >= 0.3 is 17.9 Å². The molecule has 12 nitrogen and oxygen atoms in total. The van der Waals surface area contributed by atoms with Crippen molar-refractivity contribution in [1.82, 2.24) is 20.2 Å². The predicted molar refractivity (Wildman–Crippen MR) is 94.0 cm³/mol. The Morgan fingerprint density at radius 3 is 1.70 bits per heavy atom. The normalized spacial score (nSPS) is 11.8. The van der Waals surface area contributed by atoms with E-state index in [1.807, 2.05) is 0 Å². The first kappa shape index (κ1) is 24.2. The highest BCUT2D eigenvalue weighted by atomic mass is 16.4. The zero-order chi connectivity index (χ0) is 20.7. The molecule has 0 fully saturated rings. The van der Waals surface area contributed by atoms with Crippen molar-refractivity contribution in [3.8, 4) is 0 Å². The van der Waals surface area contributed by atoms with Crippen LogP contribution in [-0.2, 0) is 14.4 Å². The summed E-state index contributed by atoms with van der Waals surface area (Å²) in [4.78, 5) is 35.4. The van der Waals surface area contributed by atoms with Gasteiger partial charge in [0, 0.05) is 38.9 Å². The Kier molecular flexibility index (Phi) is 12.8. The number of nitrogens with zero attached hydrogens (tertiary/aromatic N) is 3. The molecule has 0 radical (unpaired) electrons. The molecular formula is C15H26N4O8. The zero-order valence-electron chi connectivity index (χ0n) is 14.8. The fourth-order valence-corrected chi connectivity index (χ4v) is 2.12. The minimum atomic E-state index is -1.18. The van der Waals surface area contributed by atoms with Gasteiger partial charge in [-0.05, 0) is 6.08 Å². The summed E-state index contributed by atoms with van der Waals surface area (Å²) in [5.74, 6) is -3.44. The van der Waals surface area contributed by atoms with Crippen LogP contribution >= 0.6 is 0 Å². The van der Waals surface area contributed by atoms with Crippen molar-refractivity contribution in [3.63, 3.8) is 0 Å². The number of nitrogens with one attached hydrogen (secondary N) is 1. The number of carboxylic acids is 3. The molecule has 0 unspecified atom stereocenters. The van der Waals surface area contributed by atoms with Crippen molar-refractivity contribution in [1.29, 1.82) is 0 Å². The molecule has 0 atom stereocenters. The number of aliphatic carboxylic acids is 3. The predicted octanol–water partition coefficient (Wildman–Crippen LogP) is -1.25. The zero-order valence-corrected chi connectivity index (χ0v) is 14.8. The molecule has 0 aliphatic carbocycles. The fraction of sp³-hybridized carbons (Fsp3) is 0.533. The molecule has 0 heterocycles. The summed E-state index contributed by atoms with van der Waals surface area (Å²) in [6, 6.07) is 0. The van der Waals surface area contributed by atoms with E-state index in [4.69, 9.17) is 25.5 Å². The third-order valence-electron chi connectivity index (χ3n) is 3.26. The van der Waals surface area contributed by atoms with Gasteiger partial charge in [0.05, 0.1) is 32.2 Å². The Balaban J connectivity index is 4.79. The highest BCUT2D eigenvalue weighted by Crippen LogP contribution is 1.96. The minimum Gasteiger partial charge on any atom is -0.516 e. The van der Waals surface area contributed by atoms with E-state index in [9.17, 15) is 14.4 Å². The van der Waals surface area contributed by atoms with Crippen LogP contribution in [0.5, 0.6) is 0 Å². The molecule has 0 rings (SSSR count). The lowest BCUT2D eigenvalue weighted by Gasteiger charge is -2.27. The van der Waals surface area contributed by atoms with Crippen molar-refractivity contribution in [2.45, 2.75) is 0 Å². The van der Waals surface area contributed by atoms with Gasteiger partial charge in [-0.1, -0.05) is 0 Å². The molecule has 0 saturated heterocycles. The van der Waals surface area contributed by atoms with Gasteiger partial charge in [-0.3, -0.25) is 24.2 Å². The molecule has 0 saturated carbocycles. The van der Waals surface area contributed by atoms with E-state index in [0.717, 1.165) is 12.5 Å². The third-order valence-corrected chi connectivity index (χ3v) is 3.26. The maximum Gasteiger partial charge on any atom is 0.317 e. The highest BCUT2D eigenvalue weighted by molar-refractivity contribution is 5.72. The Labute approximate surface area is 156 Å². The second-order valence-electron chi connectivity index (χ2n) is 5.44. The van der Waals surface area contributed by atoms with E-state index in [1.165, 1.54) is 22.1 Å². The average molecular weight is 390 g/mol. The lowest BCUT2D eigenvalue weighted by Crippen LogP contribution is -2.45. The average Bonchev–Trinajstić information content (AvgIpc) is 2.56. The topological polar surface area (TPSA) is 174 Å². The number of carbonyl (C=O) groups is 3. The van der Waals surface area contributed by atoms with Gasteiger partial charge in [0.2, 0.25) is 0 Å². The Morgan fingerprint density at radius 1 is 0.741 bits per heavy atom. The summed E-state index contributed by atoms with van der Waals surface area (Å²) in [5.41, 5.74) is 2.73. The van der Waals surface area contributed by atoms with E-state index in [1.54, 1.807) is 5.01 Å². The first-order valence-corrected chi connectivity index (χ1v) is 7.98. The highest BCUT2D eigenvalue weighted by Gasteiger charge is 2.17. The van der Waals surface area contributed by atoms with Crippen molar-refractivity contribution >= 4 is 17.9 Å². The van der Waals surface area contributed by atoms with Crippen LogP contribution in [0.3, 0.4) is 0 Å². The standard InChI is InChI=1S/C15H26N4O8/c20-8-1-3-19(16-2-9-21)7-6-17(10-13(22)23)4-5-18(11-14(24)25)12-15(26)27/h1-2,8-9,16,20-21H,3-7,10-12H2,(H,22,23)(H,24,25)(H,26,27). The van der Waals surface area contributed by atoms with E-state index in [2.05, 4.69) is 5.43 Å². The van der Waals surface area contributed by atoms with Gasteiger partial charge in [-0.2, -0.15) is 0 Å². The van der Waals surface area contributed by atoms with Crippen LogP contribution < -0.4 is 5.43 Å². The van der Waals surface area contributed by atoms with Gasteiger partial charge in [-0.15, -0.1) is 0 Å². The summed E-state index contributed by atoms with van der Waals surface area (Å²) in [5, 5.41) is 45.7. The smallest absolute Gasteiger partial charge is 0.317 e. The van der Waals surface area contributed by atoms with Gasteiger partial charge in [-0.25, -0.2) is 5.01 Å². The number of carboxylic acid groups (broad SMARTS) is 3. The maximum absolute atomic E-state index is 11.0. The van der Waals surface area contributed by atoms with Crippen molar-refractivity contribution in [2.24, 2.45) is 0 Å². The maximum atomic E-state index is 11.0. The number of hydrogen-bond acceptors (Lipinski definition) is 9. The number of hydrazine groups is 1. The molecule has 0 bridgehead atoms. The summed E-state index contributed by atoms with van der Waals surface area (Å²) in [6.45, 7) is -0.212. The second-order valence-corrected chi connectivity index (χ2v) is 5.44. The first-order valence-electron chi connectivity index (χ1n) is 7.98. The quantitative estimate of drug-likeness (QED) is 0.137. The molecule has 0 aromatic carbocycles. The number of aliphatic hydroxyl groups is 2. The van der Waals surface area contributed by atoms with Crippen LogP contribution in [0.1, 0.15) is 0 Å². The van der Waals surface area contributed by atoms with Crippen molar-refractivity contribution in [2.75, 3.05) is 52.4 Å². The number of hydrogen-bond donors (Lipinski definition) is 6. The molecule has 27 heavy (non-hydrogen) atoms. The monoisotopic (exact) mass is 390 g/mol. The number of rotatable bonds is 16. The largest absolute Gasteiger partial charge is 0.516 e. The van der Waals surface area contributed by atoms with E-state index < -0.39 is 31.0 Å². The van der Waals surface area contributed by atoms with Gasteiger partial charge < -0.3 is 31.0 Å². The van der Waals surface area contributed by atoms with E-state index in [-0.39, 0.29) is 32.7 Å². The molecule has 0 spiro atoms.